The predicted octanol–water partition coefficient (Wildman–Crippen LogP) is 0.998. The summed E-state index contributed by atoms with van der Waals surface area (Å²) in [6.45, 7) is -0.361. The van der Waals surface area contributed by atoms with Gasteiger partial charge in [-0.1, -0.05) is 36.4 Å². The molecule has 3 aromatic rings. The molecule has 2 heterocycles. The average molecular weight is 424 g/mol. The number of nitrogens with zero attached hydrogens (tertiary/aromatic N) is 5. The van der Waals surface area contributed by atoms with Crippen molar-refractivity contribution < 1.29 is 24.2 Å². The molecule has 31 heavy (non-hydrogen) atoms. The Morgan fingerprint density at radius 3 is 2.58 bits per heavy atom. The fourth-order valence-corrected chi connectivity index (χ4v) is 2.68. The summed E-state index contributed by atoms with van der Waals surface area (Å²) in [5.74, 6) is -1.46. The highest BCUT2D eigenvalue weighted by atomic mass is 16.5. The number of carbonyl (C=O) groups is 3. The SMILES string of the molecule is O=C(O)CC(NC(=O)OCc1ccccc1)C(=O)Cn1nnc(Cc2cccnc2)n1. The summed E-state index contributed by atoms with van der Waals surface area (Å²) >= 11 is 0. The number of hydrogen-bond acceptors (Lipinski definition) is 8. The predicted molar refractivity (Wildman–Crippen MR) is 106 cm³/mol. The summed E-state index contributed by atoms with van der Waals surface area (Å²) in [4.78, 5) is 40.8. The number of carboxylic acids is 1. The minimum Gasteiger partial charge on any atom is -0.481 e. The van der Waals surface area contributed by atoms with Crippen molar-refractivity contribution in [1.29, 1.82) is 0 Å². The Balaban J connectivity index is 1.56. The highest BCUT2D eigenvalue weighted by Gasteiger charge is 2.25. The third kappa shape index (κ3) is 6.99. The number of hydrogen-bond donors (Lipinski definition) is 2. The van der Waals surface area contributed by atoms with Gasteiger partial charge in [0.1, 0.15) is 19.2 Å². The van der Waals surface area contributed by atoms with Crippen LogP contribution in [0.1, 0.15) is 23.4 Å². The van der Waals surface area contributed by atoms with E-state index in [9.17, 15) is 14.4 Å². The Hall–Kier alpha value is -4.15. The van der Waals surface area contributed by atoms with E-state index < -0.39 is 30.3 Å². The second-order valence-electron chi connectivity index (χ2n) is 6.60. The molecule has 1 amide bonds. The van der Waals surface area contributed by atoms with Crippen LogP contribution in [0.3, 0.4) is 0 Å². The van der Waals surface area contributed by atoms with Gasteiger partial charge in [0, 0.05) is 18.8 Å². The number of ether oxygens (including phenoxy) is 1. The molecule has 11 nitrogen and oxygen atoms in total. The molecule has 0 radical (unpaired) electrons. The van der Waals surface area contributed by atoms with Gasteiger partial charge in [0.15, 0.2) is 11.6 Å². The van der Waals surface area contributed by atoms with Crippen LogP contribution in [0.5, 0.6) is 0 Å². The first-order valence-electron chi connectivity index (χ1n) is 9.37. The molecular formula is C20H20N6O5. The molecule has 1 atom stereocenters. The van der Waals surface area contributed by atoms with E-state index in [1.165, 1.54) is 0 Å². The van der Waals surface area contributed by atoms with E-state index in [2.05, 4.69) is 25.7 Å². The first-order valence-corrected chi connectivity index (χ1v) is 9.37. The van der Waals surface area contributed by atoms with Gasteiger partial charge in [0.2, 0.25) is 0 Å². The molecule has 2 aromatic heterocycles. The minimum absolute atomic E-state index is 0.0109. The lowest BCUT2D eigenvalue weighted by molar-refractivity contribution is -0.139. The molecule has 2 N–H and O–H groups in total. The third-order valence-electron chi connectivity index (χ3n) is 4.15. The number of tetrazole rings is 1. The maximum absolute atomic E-state index is 12.6. The normalized spacial score (nSPS) is 11.5. The van der Waals surface area contributed by atoms with Gasteiger partial charge in [0.25, 0.3) is 0 Å². The minimum atomic E-state index is -1.30. The number of rotatable bonds is 10. The van der Waals surface area contributed by atoms with E-state index >= 15 is 0 Å². The Morgan fingerprint density at radius 2 is 1.87 bits per heavy atom. The number of Topliss-reactive ketones (excluding diaryl/α,β-unsaturated/α-hetero) is 1. The number of benzene rings is 1. The van der Waals surface area contributed by atoms with E-state index in [-0.39, 0.29) is 13.2 Å². The molecule has 0 spiro atoms. The largest absolute Gasteiger partial charge is 0.481 e. The second-order valence-corrected chi connectivity index (χ2v) is 6.60. The maximum atomic E-state index is 12.6. The number of amides is 1. The van der Waals surface area contributed by atoms with E-state index in [0.29, 0.717) is 12.2 Å². The van der Waals surface area contributed by atoms with Crippen molar-refractivity contribution in [1.82, 2.24) is 30.5 Å². The van der Waals surface area contributed by atoms with Crippen LogP contribution in [0, 0.1) is 0 Å². The molecule has 160 valence electrons. The highest BCUT2D eigenvalue weighted by Crippen LogP contribution is 2.04. The van der Waals surface area contributed by atoms with Crippen LogP contribution in [-0.2, 0) is 33.9 Å². The van der Waals surface area contributed by atoms with Crippen LogP contribution in [-0.4, -0.2) is 54.2 Å². The summed E-state index contributed by atoms with van der Waals surface area (Å²) < 4.78 is 5.06. The lowest BCUT2D eigenvalue weighted by Gasteiger charge is -2.15. The summed E-state index contributed by atoms with van der Waals surface area (Å²) in [5, 5.41) is 23.2. The lowest BCUT2D eigenvalue weighted by Crippen LogP contribution is -2.44. The first-order chi connectivity index (χ1) is 15.0. The van der Waals surface area contributed by atoms with Gasteiger partial charge in [-0.2, -0.15) is 4.80 Å². The molecule has 1 unspecified atom stereocenters. The lowest BCUT2D eigenvalue weighted by atomic mass is 10.1. The number of carboxylic acid groups (broad SMARTS) is 1. The van der Waals surface area contributed by atoms with Crippen molar-refractivity contribution in [2.24, 2.45) is 0 Å². The van der Waals surface area contributed by atoms with E-state index in [0.717, 1.165) is 15.9 Å². The van der Waals surface area contributed by atoms with Crippen LogP contribution < -0.4 is 5.32 Å². The van der Waals surface area contributed by atoms with Crippen molar-refractivity contribution in [3.63, 3.8) is 0 Å². The Kier molecular flexibility index (Phi) is 7.35. The molecular weight excluding hydrogens is 404 g/mol. The summed E-state index contributed by atoms with van der Waals surface area (Å²) in [7, 11) is 0. The van der Waals surface area contributed by atoms with Crippen LogP contribution >= 0.6 is 0 Å². The van der Waals surface area contributed by atoms with Crippen molar-refractivity contribution >= 4 is 17.8 Å². The highest BCUT2D eigenvalue weighted by molar-refractivity contribution is 5.90. The molecule has 0 saturated heterocycles. The quantitative estimate of drug-likeness (QED) is 0.486. The van der Waals surface area contributed by atoms with Crippen molar-refractivity contribution in [3.05, 3.63) is 71.8 Å². The smallest absolute Gasteiger partial charge is 0.408 e. The summed E-state index contributed by atoms with van der Waals surface area (Å²) in [6.07, 6.45) is 2.19. The number of pyridine rings is 1. The molecule has 0 aliphatic rings. The van der Waals surface area contributed by atoms with Crippen molar-refractivity contribution in [2.45, 2.75) is 32.0 Å². The van der Waals surface area contributed by atoms with Gasteiger partial charge in [0.05, 0.1) is 6.42 Å². The van der Waals surface area contributed by atoms with Gasteiger partial charge < -0.3 is 15.2 Å². The number of aliphatic carboxylic acids is 1. The van der Waals surface area contributed by atoms with Crippen LogP contribution in [0.2, 0.25) is 0 Å². The molecule has 0 fully saturated rings. The van der Waals surface area contributed by atoms with Gasteiger partial charge >= 0.3 is 12.1 Å². The zero-order valence-electron chi connectivity index (χ0n) is 16.4. The third-order valence-corrected chi connectivity index (χ3v) is 4.15. The van der Waals surface area contributed by atoms with Crippen molar-refractivity contribution in [3.8, 4) is 0 Å². The standard InChI is InChI=1S/C20H20N6O5/c27-17(12-26-24-18(23-25-26)9-15-7-4-8-21-11-15)16(10-19(28)29)22-20(30)31-13-14-5-2-1-3-6-14/h1-8,11,16H,9-10,12-13H2,(H,22,30)(H,28,29). The molecule has 0 bridgehead atoms. The van der Waals surface area contributed by atoms with Gasteiger partial charge in [-0.3, -0.25) is 14.6 Å². The molecule has 0 aliphatic heterocycles. The van der Waals surface area contributed by atoms with Gasteiger partial charge in [-0.05, 0) is 22.4 Å². The number of carbonyl (C=O) groups excluding carboxylic acids is 2. The Labute approximate surface area is 177 Å². The van der Waals surface area contributed by atoms with Gasteiger partial charge in [-0.25, -0.2) is 4.79 Å². The fraction of sp³-hybridized carbons (Fsp3) is 0.250. The van der Waals surface area contributed by atoms with E-state index in [4.69, 9.17) is 9.84 Å². The fourth-order valence-electron chi connectivity index (χ4n) is 2.68. The Bertz CT molecular complexity index is 1020. The molecule has 0 saturated carbocycles. The monoisotopic (exact) mass is 424 g/mol. The van der Waals surface area contributed by atoms with Crippen LogP contribution in [0.25, 0.3) is 0 Å². The molecule has 3 rings (SSSR count). The van der Waals surface area contributed by atoms with Crippen LogP contribution in [0.4, 0.5) is 4.79 Å². The summed E-state index contributed by atoms with van der Waals surface area (Å²) in [6, 6.07) is 11.3. The van der Waals surface area contributed by atoms with Crippen molar-refractivity contribution in [2.75, 3.05) is 0 Å². The first kappa shape index (κ1) is 21.6. The number of aromatic nitrogens is 5. The van der Waals surface area contributed by atoms with Crippen LogP contribution in [0.15, 0.2) is 54.9 Å². The topological polar surface area (TPSA) is 149 Å². The average Bonchev–Trinajstić information content (AvgIpc) is 3.19. The number of alkyl carbamates (subject to hydrolysis) is 1. The van der Waals surface area contributed by atoms with E-state index in [1.807, 2.05) is 12.1 Å². The Morgan fingerprint density at radius 1 is 1.10 bits per heavy atom. The maximum Gasteiger partial charge on any atom is 0.408 e. The summed E-state index contributed by atoms with van der Waals surface area (Å²) in [5.41, 5.74) is 1.63. The second kappa shape index (κ2) is 10.6. The number of ketones is 1. The van der Waals surface area contributed by atoms with Gasteiger partial charge in [-0.15, -0.1) is 10.2 Å². The molecule has 0 aliphatic carbocycles. The van der Waals surface area contributed by atoms with E-state index in [1.54, 1.807) is 42.7 Å². The molecule has 11 heteroatoms. The zero-order chi connectivity index (χ0) is 22.1. The zero-order valence-corrected chi connectivity index (χ0v) is 16.4. The molecule has 1 aromatic carbocycles. The number of nitrogens with one attached hydrogen (secondary N) is 1.